The average molecular weight is 228 g/mol. The lowest BCUT2D eigenvalue weighted by Gasteiger charge is -2.20. The molecule has 1 heterocycles. The van der Waals surface area contributed by atoms with Gasteiger partial charge in [-0.2, -0.15) is 0 Å². The molecule has 0 unspecified atom stereocenters. The Labute approximate surface area is 94.0 Å². The van der Waals surface area contributed by atoms with E-state index in [1.807, 2.05) is 6.07 Å². The zero-order valence-corrected chi connectivity index (χ0v) is 9.51. The highest BCUT2D eigenvalue weighted by atomic mass is 35.5. The molecule has 2 N–H and O–H groups in total. The smallest absolute Gasteiger partial charge is 0.245 e. The summed E-state index contributed by atoms with van der Waals surface area (Å²) in [6.07, 6.45) is 1.64. The van der Waals surface area contributed by atoms with Crippen LogP contribution in [0.5, 0.6) is 0 Å². The second kappa shape index (κ2) is 4.98. The van der Waals surface area contributed by atoms with Crippen molar-refractivity contribution in [2.75, 3.05) is 11.3 Å². The van der Waals surface area contributed by atoms with E-state index in [0.717, 1.165) is 0 Å². The maximum absolute atomic E-state index is 11.6. The topological polar surface area (TPSA) is 54.0 Å². The summed E-state index contributed by atoms with van der Waals surface area (Å²) in [6.45, 7) is 3.55. The van der Waals surface area contributed by atoms with E-state index in [0.29, 0.717) is 5.82 Å². The average Bonchev–Trinajstić information content (AvgIpc) is 2.27. The van der Waals surface area contributed by atoms with Gasteiger partial charge in [-0.15, -0.1) is 11.6 Å². The Morgan fingerprint density at radius 2 is 2.27 bits per heavy atom. The lowest BCUT2D eigenvalue weighted by molar-refractivity contribution is -0.127. The van der Waals surface area contributed by atoms with Gasteiger partial charge in [0, 0.05) is 12.1 Å². The number of hydrogen-bond acceptors (Lipinski definition) is 3. The molecule has 4 nitrogen and oxygen atoms in total. The largest absolute Gasteiger partial charge is 0.282 e. The number of carbonyl (C=O) groups excluding carboxylic acids is 1. The highest BCUT2D eigenvalue weighted by molar-refractivity contribution is 6.19. The van der Waals surface area contributed by atoms with E-state index >= 15 is 0 Å². The number of aromatic nitrogens is 1. The normalized spacial score (nSPS) is 10.9. The van der Waals surface area contributed by atoms with Crippen molar-refractivity contribution in [2.45, 2.75) is 13.8 Å². The van der Waals surface area contributed by atoms with Gasteiger partial charge in [0.15, 0.2) is 0 Å². The predicted molar refractivity (Wildman–Crippen MR) is 60.5 cm³/mol. The number of anilines is 1. The van der Waals surface area contributed by atoms with Gasteiger partial charge in [0.25, 0.3) is 0 Å². The molecule has 0 aliphatic carbocycles. The van der Waals surface area contributed by atoms with Crippen molar-refractivity contribution in [3.05, 3.63) is 24.4 Å². The highest BCUT2D eigenvalue weighted by Crippen LogP contribution is 2.16. The summed E-state index contributed by atoms with van der Waals surface area (Å²) in [7, 11) is 0. The first kappa shape index (κ1) is 11.8. The summed E-state index contributed by atoms with van der Waals surface area (Å²) in [6, 6.07) is 5.39. The molecule has 0 bridgehead atoms. The van der Waals surface area contributed by atoms with Crippen molar-refractivity contribution in [2.24, 2.45) is 5.41 Å². The Morgan fingerprint density at radius 3 is 2.80 bits per heavy atom. The first-order chi connectivity index (χ1) is 7.06. The first-order valence-corrected chi connectivity index (χ1v) is 5.13. The van der Waals surface area contributed by atoms with Crippen LogP contribution in [0.3, 0.4) is 0 Å². The maximum atomic E-state index is 11.6. The van der Waals surface area contributed by atoms with Gasteiger partial charge < -0.3 is 0 Å². The Morgan fingerprint density at radius 1 is 1.53 bits per heavy atom. The van der Waals surface area contributed by atoms with Gasteiger partial charge in [0.05, 0.1) is 5.41 Å². The number of rotatable bonds is 4. The van der Waals surface area contributed by atoms with Crippen LogP contribution in [0.4, 0.5) is 5.82 Å². The lowest BCUT2D eigenvalue weighted by Crippen LogP contribution is -2.41. The zero-order valence-electron chi connectivity index (χ0n) is 8.75. The van der Waals surface area contributed by atoms with Crippen molar-refractivity contribution >= 4 is 23.3 Å². The lowest BCUT2D eigenvalue weighted by atomic mass is 9.96. The summed E-state index contributed by atoms with van der Waals surface area (Å²) in [5.41, 5.74) is 4.68. The monoisotopic (exact) mass is 227 g/mol. The molecular formula is C10H14ClN3O. The van der Waals surface area contributed by atoms with E-state index in [1.54, 1.807) is 32.2 Å². The molecule has 0 aromatic carbocycles. The van der Waals surface area contributed by atoms with E-state index in [-0.39, 0.29) is 11.8 Å². The van der Waals surface area contributed by atoms with Crippen LogP contribution in [-0.4, -0.2) is 16.8 Å². The summed E-state index contributed by atoms with van der Waals surface area (Å²) in [4.78, 5) is 15.6. The van der Waals surface area contributed by atoms with E-state index in [9.17, 15) is 4.79 Å². The molecule has 1 rings (SSSR count). The quantitative estimate of drug-likeness (QED) is 0.609. The first-order valence-electron chi connectivity index (χ1n) is 4.60. The standard InChI is InChI=1S/C10H14ClN3O/c1-10(2,7-11)9(15)14-13-8-5-3-4-6-12-8/h3-6H,7H2,1-2H3,(H,12,13)(H,14,15). The minimum absolute atomic E-state index is 0.164. The Hall–Kier alpha value is -1.29. The second-order valence-corrected chi connectivity index (χ2v) is 4.08. The number of alkyl halides is 1. The third-order valence-electron chi connectivity index (χ3n) is 1.92. The molecule has 0 fully saturated rings. The Bertz CT molecular complexity index is 327. The molecule has 0 aliphatic heterocycles. The zero-order chi connectivity index (χ0) is 11.3. The molecule has 1 aromatic rings. The molecular weight excluding hydrogens is 214 g/mol. The van der Waals surface area contributed by atoms with Crippen LogP contribution >= 0.6 is 11.6 Å². The minimum atomic E-state index is -0.594. The number of hydrogen-bond donors (Lipinski definition) is 2. The fourth-order valence-electron chi connectivity index (χ4n) is 0.787. The van der Waals surface area contributed by atoms with Crippen LogP contribution in [-0.2, 0) is 4.79 Å². The van der Waals surface area contributed by atoms with Gasteiger partial charge in [-0.25, -0.2) is 4.98 Å². The molecule has 15 heavy (non-hydrogen) atoms. The van der Waals surface area contributed by atoms with Crippen molar-refractivity contribution < 1.29 is 4.79 Å². The Balaban J connectivity index is 2.48. The molecule has 0 atom stereocenters. The third kappa shape index (κ3) is 3.40. The molecule has 0 radical (unpaired) electrons. The van der Waals surface area contributed by atoms with Crippen LogP contribution in [0.1, 0.15) is 13.8 Å². The highest BCUT2D eigenvalue weighted by Gasteiger charge is 2.26. The fourth-order valence-corrected chi connectivity index (χ4v) is 0.909. The summed E-state index contributed by atoms with van der Waals surface area (Å²) >= 11 is 5.67. The van der Waals surface area contributed by atoms with Gasteiger partial charge >= 0.3 is 0 Å². The fraction of sp³-hybridized carbons (Fsp3) is 0.400. The summed E-state index contributed by atoms with van der Waals surface area (Å²) < 4.78 is 0. The molecule has 0 saturated heterocycles. The van der Waals surface area contributed by atoms with Crippen LogP contribution in [0.2, 0.25) is 0 Å². The van der Waals surface area contributed by atoms with E-state index in [2.05, 4.69) is 15.8 Å². The van der Waals surface area contributed by atoms with Crippen molar-refractivity contribution in [1.29, 1.82) is 0 Å². The maximum Gasteiger partial charge on any atom is 0.245 e. The molecule has 0 saturated carbocycles. The van der Waals surface area contributed by atoms with Gasteiger partial charge in [-0.1, -0.05) is 6.07 Å². The second-order valence-electron chi connectivity index (χ2n) is 3.81. The summed E-state index contributed by atoms with van der Waals surface area (Å²) in [5, 5.41) is 0. The number of pyridine rings is 1. The van der Waals surface area contributed by atoms with Crippen molar-refractivity contribution in [1.82, 2.24) is 10.4 Å². The number of nitrogens with one attached hydrogen (secondary N) is 2. The van der Waals surface area contributed by atoms with Crippen LogP contribution in [0.15, 0.2) is 24.4 Å². The van der Waals surface area contributed by atoms with E-state index in [1.165, 1.54) is 0 Å². The SMILES string of the molecule is CC(C)(CCl)C(=O)NNc1ccccn1. The number of halogens is 1. The molecule has 1 amide bonds. The number of amides is 1. The molecule has 0 aliphatic rings. The molecule has 0 spiro atoms. The molecule has 82 valence electrons. The van der Waals surface area contributed by atoms with Gasteiger partial charge in [0.2, 0.25) is 5.91 Å². The van der Waals surface area contributed by atoms with Crippen molar-refractivity contribution in [3.8, 4) is 0 Å². The van der Waals surface area contributed by atoms with Crippen LogP contribution < -0.4 is 10.9 Å². The van der Waals surface area contributed by atoms with Gasteiger partial charge in [-0.05, 0) is 26.0 Å². The van der Waals surface area contributed by atoms with Crippen molar-refractivity contribution in [3.63, 3.8) is 0 Å². The third-order valence-corrected chi connectivity index (χ3v) is 2.59. The molecule has 1 aromatic heterocycles. The van der Waals surface area contributed by atoms with E-state index in [4.69, 9.17) is 11.6 Å². The van der Waals surface area contributed by atoms with E-state index < -0.39 is 5.41 Å². The molecule has 5 heteroatoms. The van der Waals surface area contributed by atoms with Gasteiger partial charge in [-0.3, -0.25) is 15.6 Å². The summed E-state index contributed by atoms with van der Waals surface area (Å²) in [5.74, 6) is 0.697. The van der Waals surface area contributed by atoms with Crippen LogP contribution in [0, 0.1) is 5.41 Å². The number of nitrogens with zero attached hydrogens (tertiary/aromatic N) is 1. The van der Waals surface area contributed by atoms with Crippen LogP contribution in [0.25, 0.3) is 0 Å². The predicted octanol–water partition coefficient (Wildman–Crippen LogP) is 1.79. The Kier molecular flexibility index (Phi) is 3.91. The number of carbonyl (C=O) groups is 1. The minimum Gasteiger partial charge on any atom is -0.282 e. The van der Waals surface area contributed by atoms with Gasteiger partial charge in [0.1, 0.15) is 5.82 Å². The number of hydrazine groups is 1.